The van der Waals surface area contributed by atoms with Gasteiger partial charge in [-0.1, -0.05) is 18.2 Å². The van der Waals surface area contributed by atoms with Gasteiger partial charge in [0.15, 0.2) is 0 Å². The molecule has 1 atom stereocenters. The molecule has 122 valence electrons. The summed E-state index contributed by atoms with van der Waals surface area (Å²) >= 11 is 1.42. The number of hydrogen-bond donors (Lipinski definition) is 0. The molecule has 0 radical (unpaired) electrons. The molecule has 0 aliphatic carbocycles. The second kappa shape index (κ2) is 6.69. The third-order valence-electron chi connectivity index (χ3n) is 4.62. The first-order chi connectivity index (χ1) is 11.8. The van der Waals surface area contributed by atoms with E-state index in [1.54, 1.807) is 11.7 Å². The van der Waals surface area contributed by atoms with Crippen molar-refractivity contribution in [2.75, 3.05) is 13.1 Å². The molecular weight excluding hydrogens is 318 g/mol. The van der Waals surface area contributed by atoms with Gasteiger partial charge < -0.3 is 4.90 Å². The van der Waals surface area contributed by atoms with Gasteiger partial charge in [-0.15, -0.1) is 11.3 Å². The number of amides is 1. The maximum absolute atomic E-state index is 12.5. The number of fused-ring (bicyclic) bond motifs is 1. The standard InChI is InChI=1S/C19H19N3OS/c23-19(18-11-20-13-24-18)22-7-3-4-14(12-22)8-15-9-16-5-1-2-6-17(16)21-10-15/h1-2,5-6,9-11,13-14H,3-4,7-8,12H2/t14-/m0/s1. The first-order valence-electron chi connectivity index (χ1n) is 8.31. The summed E-state index contributed by atoms with van der Waals surface area (Å²) in [7, 11) is 0. The molecule has 24 heavy (non-hydrogen) atoms. The van der Waals surface area contributed by atoms with Crippen molar-refractivity contribution in [3.63, 3.8) is 0 Å². The third-order valence-corrected chi connectivity index (χ3v) is 5.38. The molecule has 0 unspecified atom stereocenters. The number of aromatic nitrogens is 2. The van der Waals surface area contributed by atoms with Crippen LogP contribution in [-0.4, -0.2) is 33.9 Å². The zero-order valence-electron chi connectivity index (χ0n) is 13.4. The molecule has 5 heteroatoms. The average molecular weight is 337 g/mol. The van der Waals surface area contributed by atoms with Gasteiger partial charge in [-0.3, -0.25) is 14.8 Å². The summed E-state index contributed by atoms with van der Waals surface area (Å²) in [5.74, 6) is 0.623. The zero-order valence-corrected chi connectivity index (χ0v) is 14.2. The van der Waals surface area contributed by atoms with Crippen LogP contribution >= 0.6 is 11.3 Å². The van der Waals surface area contributed by atoms with Crippen molar-refractivity contribution in [3.05, 3.63) is 58.7 Å². The Morgan fingerprint density at radius 3 is 3.08 bits per heavy atom. The molecule has 1 fully saturated rings. The van der Waals surface area contributed by atoms with E-state index in [0.29, 0.717) is 5.92 Å². The Bertz CT molecular complexity index is 847. The predicted molar refractivity (Wildman–Crippen MR) is 96.2 cm³/mol. The van der Waals surface area contributed by atoms with Crippen molar-refractivity contribution in [3.8, 4) is 0 Å². The topological polar surface area (TPSA) is 46.1 Å². The molecule has 1 aliphatic rings. The van der Waals surface area contributed by atoms with E-state index in [0.717, 1.165) is 36.3 Å². The SMILES string of the molecule is O=C(c1cncs1)N1CCC[C@@H](Cc2cnc3ccccc3c2)C1. The van der Waals surface area contributed by atoms with Crippen LogP contribution in [0.15, 0.2) is 48.2 Å². The van der Waals surface area contributed by atoms with Gasteiger partial charge >= 0.3 is 0 Å². The summed E-state index contributed by atoms with van der Waals surface area (Å²) in [6, 6.07) is 10.4. The summed E-state index contributed by atoms with van der Waals surface area (Å²) < 4.78 is 0. The van der Waals surface area contributed by atoms with E-state index in [4.69, 9.17) is 0 Å². The Labute approximate surface area is 145 Å². The summed E-state index contributed by atoms with van der Waals surface area (Å²) in [6.45, 7) is 1.67. The molecule has 4 rings (SSSR count). The first kappa shape index (κ1) is 15.3. The summed E-state index contributed by atoms with van der Waals surface area (Å²) in [4.78, 5) is 23.8. The Kier molecular flexibility index (Phi) is 4.26. The minimum Gasteiger partial charge on any atom is -0.338 e. The maximum Gasteiger partial charge on any atom is 0.265 e. The van der Waals surface area contributed by atoms with Crippen molar-refractivity contribution >= 4 is 28.1 Å². The van der Waals surface area contributed by atoms with Crippen LogP contribution in [0, 0.1) is 5.92 Å². The fourth-order valence-corrected chi connectivity index (χ4v) is 4.04. The molecule has 0 N–H and O–H groups in total. The van der Waals surface area contributed by atoms with Crippen LogP contribution in [0.3, 0.4) is 0 Å². The van der Waals surface area contributed by atoms with Crippen molar-refractivity contribution in [2.45, 2.75) is 19.3 Å². The van der Waals surface area contributed by atoms with E-state index < -0.39 is 0 Å². The number of likely N-dealkylation sites (tertiary alicyclic amines) is 1. The number of thiazole rings is 1. The average Bonchev–Trinajstić information content (AvgIpc) is 3.16. The number of carbonyl (C=O) groups is 1. The second-order valence-electron chi connectivity index (χ2n) is 6.37. The van der Waals surface area contributed by atoms with Crippen molar-refractivity contribution in [1.29, 1.82) is 0 Å². The van der Waals surface area contributed by atoms with E-state index in [-0.39, 0.29) is 5.91 Å². The number of rotatable bonds is 3. The number of para-hydroxylation sites is 1. The lowest BCUT2D eigenvalue weighted by molar-refractivity contribution is 0.0678. The van der Waals surface area contributed by atoms with Crippen molar-refractivity contribution in [1.82, 2.24) is 14.9 Å². The minimum absolute atomic E-state index is 0.124. The fourth-order valence-electron chi connectivity index (χ4n) is 3.45. The number of nitrogens with zero attached hydrogens (tertiary/aromatic N) is 3. The van der Waals surface area contributed by atoms with Gasteiger partial charge in [-0.2, -0.15) is 0 Å². The van der Waals surface area contributed by atoms with Gasteiger partial charge in [0.25, 0.3) is 5.91 Å². The number of pyridine rings is 1. The summed E-state index contributed by atoms with van der Waals surface area (Å²) in [6.07, 6.45) is 6.86. The minimum atomic E-state index is 0.124. The fraction of sp³-hybridized carbons (Fsp3) is 0.316. The van der Waals surface area contributed by atoms with Gasteiger partial charge in [0, 0.05) is 24.7 Å². The van der Waals surface area contributed by atoms with Crippen LogP contribution < -0.4 is 0 Å². The van der Waals surface area contributed by atoms with E-state index in [2.05, 4.69) is 22.1 Å². The predicted octanol–water partition coefficient (Wildman–Crippen LogP) is 3.79. The third kappa shape index (κ3) is 3.17. The molecule has 2 aromatic heterocycles. The molecular formula is C19H19N3OS. The lowest BCUT2D eigenvalue weighted by atomic mass is 9.91. The van der Waals surface area contributed by atoms with Crippen molar-refractivity contribution in [2.24, 2.45) is 5.92 Å². The molecule has 1 amide bonds. The molecule has 0 spiro atoms. The Balaban J connectivity index is 1.46. The highest BCUT2D eigenvalue weighted by atomic mass is 32.1. The number of hydrogen-bond acceptors (Lipinski definition) is 4. The van der Waals surface area contributed by atoms with Crippen molar-refractivity contribution < 1.29 is 4.79 Å². The van der Waals surface area contributed by atoms with Gasteiger partial charge in [0.2, 0.25) is 0 Å². The molecule has 3 aromatic rings. The zero-order chi connectivity index (χ0) is 16.4. The van der Waals surface area contributed by atoms with Crippen LogP contribution in [0.4, 0.5) is 0 Å². The van der Waals surface area contributed by atoms with E-state index in [1.807, 2.05) is 29.3 Å². The van der Waals surface area contributed by atoms with Crippen LogP contribution in [0.25, 0.3) is 10.9 Å². The highest BCUT2D eigenvalue weighted by molar-refractivity contribution is 7.11. The van der Waals surface area contributed by atoms with E-state index >= 15 is 0 Å². The Morgan fingerprint density at radius 2 is 2.21 bits per heavy atom. The van der Waals surface area contributed by atoms with Gasteiger partial charge in [-0.25, -0.2) is 0 Å². The van der Waals surface area contributed by atoms with Gasteiger partial charge in [0.05, 0.1) is 17.2 Å². The number of carbonyl (C=O) groups excluding carboxylic acids is 1. The lowest BCUT2D eigenvalue weighted by Crippen LogP contribution is -2.40. The molecule has 0 bridgehead atoms. The first-order valence-corrected chi connectivity index (χ1v) is 9.19. The van der Waals surface area contributed by atoms with E-state index in [1.165, 1.54) is 28.7 Å². The van der Waals surface area contributed by atoms with Crippen LogP contribution in [0.2, 0.25) is 0 Å². The van der Waals surface area contributed by atoms with Crippen LogP contribution in [-0.2, 0) is 6.42 Å². The molecule has 4 nitrogen and oxygen atoms in total. The van der Waals surface area contributed by atoms with Crippen LogP contribution in [0.5, 0.6) is 0 Å². The molecule has 3 heterocycles. The summed E-state index contributed by atoms with van der Waals surface area (Å²) in [5, 5.41) is 1.18. The second-order valence-corrected chi connectivity index (χ2v) is 7.25. The molecule has 1 aromatic carbocycles. The Morgan fingerprint density at radius 1 is 1.29 bits per heavy atom. The molecule has 0 saturated carbocycles. The highest BCUT2D eigenvalue weighted by Gasteiger charge is 2.25. The van der Waals surface area contributed by atoms with Gasteiger partial charge in [-0.05, 0) is 42.9 Å². The monoisotopic (exact) mass is 337 g/mol. The Hall–Kier alpha value is -2.27. The van der Waals surface area contributed by atoms with Gasteiger partial charge in [0.1, 0.15) is 4.88 Å². The van der Waals surface area contributed by atoms with E-state index in [9.17, 15) is 4.79 Å². The highest BCUT2D eigenvalue weighted by Crippen LogP contribution is 2.24. The quantitative estimate of drug-likeness (QED) is 0.730. The maximum atomic E-state index is 12.5. The number of benzene rings is 1. The molecule has 1 aliphatic heterocycles. The largest absolute Gasteiger partial charge is 0.338 e. The molecule has 1 saturated heterocycles. The normalized spacial score (nSPS) is 18.0. The smallest absolute Gasteiger partial charge is 0.265 e. The lowest BCUT2D eigenvalue weighted by Gasteiger charge is -2.32. The summed E-state index contributed by atoms with van der Waals surface area (Å²) in [5.41, 5.74) is 4.01. The van der Waals surface area contributed by atoms with Crippen LogP contribution in [0.1, 0.15) is 28.1 Å². The number of piperidine rings is 1.